The van der Waals surface area contributed by atoms with Crippen molar-refractivity contribution in [1.82, 2.24) is 29.7 Å². The fourth-order valence-corrected chi connectivity index (χ4v) is 6.94. The first kappa shape index (κ1) is 30.8. The van der Waals surface area contributed by atoms with Crippen molar-refractivity contribution in [2.45, 2.75) is 44.8 Å². The van der Waals surface area contributed by atoms with Gasteiger partial charge in [0.25, 0.3) is 0 Å². The molecule has 4 aromatic rings. The molecule has 2 amide bonds. The standard InChI is InChI=1S/C33H33BrCl2N6O2/c1-21-18-40(20-39-21)11-10-37-33(44)29-19-41(12-13-42(29)30(43)14-22-2-6-26(35)7-3-22)32-28-9-8-27(36)16-23(28)4-5-24-15-25(34)17-38-31(24)32/h2-3,6-9,15-18,20,29,32H,4-5,10-14,19H2,1H3,(H,37,44)/t29-,32?/m1/s1. The van der Waals surface area contributed by atoms with Gasteiger partial charge in [-0.25, -0.2) is 4.98 Å². The van der Waals surface area contributed by atoms with Crippen LogP contribution in [0.2, 0.25) is 10.0 Å². The second-order valence-corrected chi connectivity index (χ2v) is 13.2. The van der Waals surface area contributed by atoms with Crippen molar-refractivity contribution < 1.29 is 9.59 Å². The van der Waals surface area contributed by atoms with Crippen LogP contribution in [0.4, 0.5) is 0 Å². The smallest absolute Gasteiger partial charge is 0.244 e. The molecule has 1 unspecified atom stereocenters. The van der Waals surface area contributed by atoms with Crippen LogP contribution in [-0.4, -0.2) is 68.4 Å². The molecule has 2 atom stereocenters. The Bertz CT molecular complexity index is 1620. The molecule has 0 bridgehead atoms. The molecule has 1 aliphatic heterocycles. The van der Waals surface area contributed by atoms with Gasteiger partial charge >= 0.3 is 0 Å². The van der Waals surface area contributed by atoms with Crippen molar-refractivity contribution in [3.8, 4) is 0 Å². The van der Waals surface area contributed by atoms with E-state index in [1.807, 2.05) is 48.1 Å². The molecule has 0 spiro atoms. The summed E-state index contributed by atoms with van der Waals surface area (Å²) in [6, 6.07) is 14.6. The highest BCUT2D eigenvalue weighted by Gasteiger charge is 2.40. The second kappa shape index (κ2) is 13.4. The Balaban J connectivity index is 1.29. The minimum Gasteiger partial charge on any atom is -0.352 e. The average molecular weight is 696 g/mol. The molecule has 1 fully saturated rings. The van der Waals surface area contributed by atoms with Gasteiger partial charge in [0.2, 0.25) is 11.8 Å². The van der Waals surface area contributed by atoms with Gasteiger partial charge in [0.1, 0.15) is 6.04 Å². The van der Waals surface area contributed by atoms with Crippen LogP contribution in [0, 0.1) is 6.92 Å². The zero-order valence-corrected chi connectivity index (χ0v) is 27.4. The first-order valence-electron chi connectivity index (χ1n) is 14.7. The summed E-state index contributed by atoms with van der Waals surface area (Å²) in [5.41, 5.74) is 6.23. The topological polar surface area (TPSA) is 83.4 Å². The zero-order valence-electron chi connectivity index (χ0n) is 24.3. The molecule has 1 saturated heterocycles. The van der Waals surface area contributed by atoms with Gasteiger partial charge < -0.3 is 14.8 Å². The first-order valence-corrected chi connectivity index (χ1v) is 16.3. The maximum absolute atomic E-state index is 13.9. The van der Waals surface area contributed by atoms with Crippen molar-refractivity contribution in [3.05, 3.63) is 115 Å². The largest absolute Gasteiger partial charge is 0.352 e. The van der Waals surface area contributed by atoms with Crippen molar-refractivity contribution in [3.63, 3.8) is 0 Å². The number of halogens is 3. The van der Waals surface area contributed by atoms with Crippen molar-refractivity contribution in [2.75, 3.05) is 26.2 Å². The lowest BCUT2D eigenvalue weighted by Crippen LogP contribution is -2.61. The minimum absolute atomic E-state index is 0.0899. The number of benzene rings is 2. The van der Waals surface area contributed by atoms with Crippen molar-refractivity contribution in [2.24, 2.45) is 0 Å². The molecule has 0 saturated carbocycles. The van der Waals surface area contributed by atoms with Crippen molar-refractivity contribution in [1.29, 1.82) is 0 Å². The molecule has 1 aliphatic carbocycles. The lowest BCUT2D eigenvalue weighted by Gasteiger charge is -2.44. The van der Waals surface area contributed by atoms with Gasteiger partial charge in [-0.15, -0.1) is 0 Å². The SMILES string of the molecule is Cc1cn(CCNC(=O)[C@H]2CN(C3c4ccc(Cl)cc4CCc4cc(Br)cnc43)CCN2C(=O)Cc2ccc(Cl)cc2)cn1. The zero-order chi connectivity index (χ0) is 30.8. The van der Waals surface area contributed by atoms with E-state index in [1.54, 1.807) is 23.4 Å². The van der Waals surface area contributed by atoms with Crippen LogP contribution in [-0.2, 0) is 35.4 Å². The number of fused-ring (bicyclic) bond motifs is 2. The number of rotatable bonds is 7. The van der Waals surface area contributed by atoms with E-state index in [2.05, 4.69) is 43.3 Å². The number of amides is 2. The number of hydrogen-bond acceptors (Lipinski definition) is 5. The third-order valence-electron chi connectivity index (χ3n) is 8.39. The summed E-state index contributed by atoms with van der Waals surface area (Å²) in [7, 11) is 0. The summed E-state index contributed by atoms with van der Waals surface area (Å²) < 4.78 is 2.88. The summed E-state index contributed by atoms with van der Waals surface area (Å²) in [6.45, 7) is 4.32. The van der Waals surface area contributed by atoms with Gasteiger partial charge in [-0.1, -0.05) is 41.4 Å². The Morgan fingerprint density at radius 1 is 1.00 bits per heavy atom. The maximum Gasteiger partial charge on any atom is 0.244 e. The van der Waals surface area contributed by atoms with E-state index in [0.29, 0.717) is 42.8 Å². The summed E-state index contributed by atoms with van der Waals surface area (Å²) in [4.78, 5) is 40.8. The number of carbonyl (C=O) groups is 2. The minimum atomic E-state index is -0.675. The fourth-order valence-electron chi connectivity index (χ4n) is 6.24. The van der Waals surface area contributed by atoms with E-state index < -0.39 is 6.04 Å². The van der Waals surface area contributed by atoms with E-state index in [4.69, 9.17) is 28.2 Å². The Morgan fingerprint density at radius 3 is 2.55 bits per heavy atom. The molecule has 6 rings (SSSR count). The number of aromatic nitrogens is 3. The van der Waals surface area contributed by atoms with Crippen molar-refractivity contribution >= 4 is 50.9 Å². The van der Waals surface area contributed by atoms with E-state index in [0.717, 1.165) is 45.4 Å². The van der Waals surface area contributed by atoms with Crippen LogP contribution in [0.3, 0.4) is 0 Å². The van der Waals surface area contributed by atoms with Gasteiger partial charge in [0.05, 0.1) is 30.2 Å². The monoisotopic (exact) mass is 694 g/mol. The quantitative estimate of drug-likeness (QED) is 0.280. The van der Waals surface area contributed by atoms with E-state index in [9.17, 15) is 9.59 Å². The lowest BCUT2D eigenvalue weighted by molar-refractivity contribution is -0.144. The summed E-state index contributed by atoms with van der Waals surface area (Å²) >= 11 is 16.1. The van der Waals surface area contributed by atoms with Crippen LogP contribution in [0.25, 0.3) is 0 Å². The predicted octanol–water partition coefficient (Wildman–Crippen LogP) is 5.42. The van der Waals surface area contributed by atoms with Crippen LogP contribution < -0.4 is 5.32 Å². The number of pyridine rings is 1. The average Bonchev–Trinajstić information content (AvgIpc) is 3.36. The van der Waals surface area contributed by atoms with Gasteiger partial charge in [-0.05, 0) is 88.3 Å². The summed E-state index contributed by atoms with van der Waals surface area (Å²) in [5.74, 6) is -0.266. The van der Waals surface area contributed by atoms with Gasteiger partial charge in [0, 0.05) is 59.6 Å². The summed E-state index contributed by atoms with van der Waals surface area (Å²) in [6.07, 6.45) is 7.40. The Kier molecular flexibility index (Phi) is 9.37. The number of hydrogen-bond donors (Lipinski definition) is 1. The number of carbonyl (C=O) groups excluding carboxylic acids is 2. The second-order valence-electron chi connectivity index (χ2n) is 11.4. The van der Waals surface area contributed by atoms with E-state index >= 15 is 0 Å². The van der Waals surface area contributed by atoms with Gasteiger partial charge in [-0.2, -0.15) is 0 Å². The maximum atomic E-state index is 13.9. The molecule has 2 aromatic carbocycles. The van der Waals surface area contributed by atoms with E-state index in [1.165, 1.54) is 5.56 Å². The highest BCUT2D eigenvalue weighted by molar-refractivity contribution is 9.10. The number of piperazine rings is 1. The Labute approximate surface area is 275 Å². The highest BCUT2D eigenvalue weighted by atomic mass is 79.9. The fraction of sp³-hybridized carbons (Fsp3) is 0.333. The molecule has 2 aromatic heterocycles. The van der Waals surface area contributed by atoms with E-state index in [-0.39, 0.29) is 24.3 Å². The first-order chi connectivity index (χ1) is 21.2. The third kappa shape index (κ3) is 6.86. The highest BCUT2D eigenvalue weighted by Crippen LogP contribution is 2.38. The molecule has 8 nitrogen and oxygen atoms in total. The third-order valence-corrected chi connectivity index (χ3v) is 9.31. The number of imidazole rings is 1. The Morgan fingerprint density at radius 2 is 1.77 bits per heavy atom. The molecule has 228 valence electrons. The normalized spacial score (nSPS) is 18.3. The van der Waals surface area contributed by atoms with Crippen LogP contribution >= 0.6 is 39.1 Å². The lowest BCUT2D eigenvalue weighted by atomic mass is 9.95. The van der Waals surface area contributed by atoms with Crippen LogP contribution in [0.15, 0.2) is 71.7 Å². The molecule has 11 heteroatoms. The van der Waals surface area contributed by atoms with Crippen LogP contribution in [0.5, 0.6) is 0 Å². The van der Waals surface area contributed by atoms with Gasteiger partial charge in [0.15, 0.2) is 0 Å². The number of aryl methyl sites for hydroxylation is 3. The Hall–Kier alpha value is -3.24. The number of nitrogens with one attached hydrogen (secondary N) is 1. The molecular formula is C33H33BrCl2N6O2. The summed E-state index contributed by atoms with van der Waals surface area (Å²) in [5, 5.41) is 4.41. The molecule has 2 aliphatic rings. The predicted molar refractivity (Wildman–Crippen MR) is 175 cm³/mol. The molecule has 0 radical (unpaired) electrons. The molecule has 1 N–H and O–H groups in total. The molecular weight excluding hydrogens is 663 g/mol. The molecule has 3 heterocycles. The van der Waals surface area contributed by atoms with Gasteiger partial charge in [-0.3, -0.25) is 19.5 Å². The van der Waals surface area contributed by atoms with Crippen LogP contribution in [0.1, 0.15) is 39.7 Å². The number of nitrogens with zero attached hydrogens (tertiary/aromatic N) is 5. The molecule has 44 heavy (non-hydrogen) atoms.